The molecule has 3 aromatic carbocycles. The molecule has 0 aliphatic rings. The highest BCUT2D eigenvalue weighted by atomic mass is 16.5. The van der Waals surface area contributed by atoms with E-state index >= 15 is 0 Å². The zero-order valence-electron chi connectivity index (χ0n) is 18.3. The number of carbonyl (C=O) groups excluding carboxylic acids is 1. The first kappa shape index (κ1) is 22.6. The zero-order chi connectivity index (χ0) is 22.4. The second kappa shape index (κ2) is 10.3. The minimum Gasteiger partial charge on any atom is -0.493 e. The molecule has 164 valence electrons. The summed E-state index contributed by atoms with van der Waals surface area (Å²) in [5.74, 6) is 1.65. The first-order valence-corrected chi connectivity index (χ1v) is 10.2. The first-order valence-electron chi connectivity index (χ1n) is 10.2. The maximum atomic E-state index is 12.8. The van der Waals surface area contributed by atoms with E-state index in [4.69, 9.17) is 14.2 Å². The van der Waals surface area contributed by atoms with E-state index in [0.717, 1.165) is 16.3 Å². The number of Topliss-reactive ketones (excluding diaryl/α,β-unsaturated/α-hetero) is 1. The van der Waals surface area contributed by atoms with E-state index < -0.39 is 6.10 Å². The van der Waals surface area contributed by atoms with Crippen LogP contribution in [0.5, 0.6) is 17.2 Å². The molecule has 0 heterocycles. The average molecular weight is 424 g/mol. The van der Waals surface area contributed by atoms with E-state index in [9.17, 15) is 9.90 Å². The Labute approximate surface area is 182 Å². The number of methoxy groups -OCH3 is 3. The second-order valence-electron chi connectivity index (χ2n) is 7.35. The van der Waals surface area contributed by atoms with Crippen LogP contribution in [-0.2, 0) is 0 Å². The first-order chi connectivity index (χ1) is 15.0. The van der Waals surface area contributed by atoms with E-state index in [-0.39, 0.29) is 11.8 Å². The van der Waals surface area contributed by atoms with Crippen molar-refractivity contribution in [3.05, 3.63) is 65.7 Å². The van der Waals surface area contributed by atoms with Crippen LogP contribution in [0.4, 0.5) is 0 Å². The molecule has 31 heavy (non-hydrogen) atoms. The van der Waals surface area contributed by atoms with Gasteiger partial charge in [0.25, 0.3) is 0 Å². The summed E-state index contributed by atoms with van der Waals surface area (Å²) in [5.41, 5.74) is 1.46. The molecule has 0 radical (unpaired) electrons. The molecule has 0 aliphatic carbocycles. The minimum atomic E-state index is -0.633. The Morgan fingerprint density at radius 2 is 1.68 bits per heavy atom. The standard InChI is InChI=1S/C25H29NO5/c1-16(23(28)17-8-6-5-7-9-17)26-13-12-21(27)18-10-11-20-19(14-18)15-22(29-2)25(31-4)24(20)30-3/h5-11,14-16,23,26,28H,12-13H2,1-4H3. The van der Waals surface area contributed by atoms with Gasteiger partial charge >= 0.3 is 0 Å². The van der Waals surface area contributed by atoms with Gasteiger partial charge in [-0.05, 0) is 36.1 Å². The SMILES string of the molecule is COc1cc2cc(C(=O)CCNC(C)C(O)c3ccccc3)ccc2c(OC)c1OC. The monoisotopic (exact) mass is 423 g/mol. The highest BCUT2D eigenvalue weighted by molar-refractivity contribution is 6.02. The Morgan fingerprint density at radius 3 is 2.32 bits per heavy atom. The van der Waals surface area contributed by atoms with Crippen LogP contribution in [0, 0.1) is 0 Å². The van der Waals surface area contributed by atoms with Gasteiger partial charge in [-0.2, -0.15) is 0 Å². The van der Waals surface area contributed by atoms with Crippen molar-refractivity contribution >= 4 is 16.6 Å². The number of hydrogen-bond acceptors (Lipinski definition) is 6. The third-order valence-electron chi connectivity index (χ3n) is 5.40. The van der Waals surface area contributed by atoms with Gasteiger partial charge in [0, 0.05) is 30.0 Å². The summed E-state index contributed by atoms with van der Waals surface area (Å²) in [7, 11) is 4.70. The maximum Gasteiger partial charge on any atom is 0.203 e. The van der Waals surface area contributed by atoms with Crippen molar-refractivity contribution < 1.29 is 24.1 Å². The fraction of sp³-hybridized carbons (Fsp3) is 0.320. The molecule has 0 fully saturated rings. The molecule has 0 spiro atoms. The highest BCUT2D eigenvalue weighted by Gasteiger charge is 2.18. The van der Waals surface area contributed by atoms with Crippen LogP contribution in [0.2, 0.25) is 0 Å². The van der Waals surface area contributed by atoms with Crippen molar-refractivity contribution in [2.24, 2.45) is 0 Å². The summed E-state index contributed by atoms with van der Waals surface area (Å²) >= 11 is 0. The number of aliphatic hydroxyl groups excluding tert-OH is 1. The molecule has 0 aliphatic heterocycles. The number of fused-ring (bicyclic) bond motifs is 1. The van der Waals surface area contributed by atoms with Crippen molar-refractivity contribution in [1.29, 1.82) is 0 Å². The third kappa shape index (κ3) is 4.98. The van der Waals surface area contributed by atoms with Gasteiger partial charge in [0.15, 0.2) is 17.3 Å². The molecular formula is C25H29NO5. The maximum absolute atomic E-state index is 12.8. The number of ketones is 1. The number of benzene rings is 3. The molecule has 3 rings (SSSR count). The Kier molecular flexibility index (Phi) is 7.50. The molecule has 0 aromatic heterocycles. The lowest BCUT2D eigenvalue weighted by Gasteiger charge is -2.20. The lowest BCUT2D eigenvalue weighted by atomic mass is 10.0. The Morgan fingerprint density at radius 1 is 0.968 bits per heavy atom. The third-order valence-corrected chi connectivity index (χ3v) is 5.40. The van der Waals surface area contributed by atoms with E-state index in [1.165, 1.54) is 0 Å². The summed E-state index contributed by atoms with van der Waals surface area (Å²) in [6, 6.07) is 16.6. The summed E-state index contributed by atoms with van der Waals surface area (Å²) in [4.78, 5) is 12.8. The van der Waals surface area contributed by atoms with Crippen LogP contribution in [0.15, 0.2) is 54.6 Å². The molecule has 0 saturated heterocycles. The average Bonchev–Trinajstić information content (AvgIpc) is 2.81. The smallest absolute Gasteiger partial charge is 0.203 e. The highest BCUT2D eigenvalue weighted by Crippen LogP contribution is 2.43. The number of ether oxygens (including phenoxy) is 3. The molecule has 2 atom stereocenters. The van der Waals surface area contributed by atoms with Crippen molar-refractivity contribution in [2.75, 3.05) is 27.9 Å². The van der Waals surface area contributed by atoms with Crippen molar-refractivity contribution in [2.45, 2.75) is 25.5 Å². The van der Waals surface area contributed by atoms with Gasteiger partial charge in [-0.1, -0.05) is 36.4 Å². The number of rotatable bonds is 10. The van der Waals surface area contributed by atoms with Crippen molar-refractivity contribution in [3.8, 4) is 17.2 Å². The molecule has 6 nitrogen and oxygen atoms in total. The van der Waals surface area contributed by atoms with Crippen LogP contribution < -0.4 is 19.5 Å². The fourth-order valence-corrected chi connectivity index (χ4v) is 3.66. The van der Waals surface area contributed by atoms with E-state index in [1.54, 1.807) is 27.4 Å². The Bertz CT molecular complexity index is 1040. The molecule has 0 bridgehead atoms. The lowest BCUT2D eigenvalue weighted by Crippen LogP contribution is -2.33. The van der Waals surface area contributed by atoms with Gasteiger partial charge in [0.05, 0.1) is 27.4 Å². The van der Waals surface area contributed by atoms with Crippen LogP contribution in [0.3, 0.4) is 0 Å². The summed E-state index contributed by atoms with van der Waals surface area (Å²) in [6.07, 6.45) is -0.311. The number of hydrogen-bond donors (Lipinski definition) is 2. The molecule has 2 unspecified atom stereocenters. The molecule has 0 saturated carbocycles. The normalized spacial score (nSPS) is 12.9. The fourth-order valence-electron chi connectivity index (χ4n) is 3.66. The summed E-state index contributed by atoms with van der Waals surface area (Å²) in [6.45, 7) is 2.38. The summed E-state index contributed by atoms with van der Waals surface area (Å²) < 4.78 is 16.4. The lowest BCUT2D eigenvalue weighted by molar-refractivity contribution is 0.0972. The van der Waals surface area contributed by atoms with Crippen molar-refractivity contribution in [3.63, 3.8) is 0 Å². The molecule has 3 aromatic rings. The van der Waals surface area contributed by atoms with E-state index in [2.05, 4.69) is 5.32 Å². The van der Waals surface area contributed by atoms with Gasteiger partial charge in [-0.15, -0.1) is 0 Å². The van der Waals surface area contributed by atoms with Gasteiger partial charge in [0.2, 0.25) is 5.75 Å². The zero-order valence-corrected chi connectivity index (χ0v) is 18.3. The second-order valence-corrected chi connectivity index (χ2v) is 7.35. The molecule has 6 heteroatoms. The predicted octanol–water partition coefficient (Wildman–Crippen LogP) is 4.15. The van der Waals surface area contributed by atoms with Gasteiger partial charge < -0.3 is 24.6 Å². The topological polar surface area (TPSA) is 77.0 Å². The van der Waals surface area contributed by atoms with E-state index in [1.807, 2.05) is 55.5 Å². The number of aliphatic hydroxyl groups is 1. The van der Waals surface area contributed by atoms with E-state index in [0.29, 0.717) is 35.8 Å². The number of carbonyl (C=O) groups is 1. The molecule has 2 N–H and O–H groups in total. The van der Waals surface area contributed by atoms with Crippen molar-refractivity contribution in [1.82, 2.24) is 5.32 Å². The van der Waals surface area contributed by atoms with Gasteiger partial charge in [-0.25, -0.2) is 0 Å². The van der Waals surface area contributed by atoms with Crippen LogP contribution >= 0.6 is 0 Å². The quantitative estimate of drug-likeness (QED) is 0.477. The minimum absolute atomic E-state index is 0.0181. The number of nitrogens with one attached hydrogen (secondary N) is 1. The van der Waals surface area contributed by atoms with Crippen LogP contribution in [0.25, 0.3) is 10.8 Å². The Hall–Kier alpha value is -3.09. The van der Waals surface area contributed by atoms with Crippen LogP contribution in [0.1, 0.15) is 35.4 Å². The molecule has 0 amide bonds. The molecular weight excluding hydrogens is 394 g/mol. The van der Waals surface area contributed by atoms with Gasteiger partial charge in [0.1, 0.15) is 0 Å². The Balaban J connectivity index is 1.69. The summed E-state index contributed by atoms with van der Waals surface area (Å²) in [5, 5.41) is 15.4. The van der Waals surface area contributed by atoms with Gasteiger partial charge in [-0.3, -0.25) is 4.79 Å². The van der Waals surface area contributed by atoms with Crippen LogP contribution in [-0.4, -0.2) is 44.8 Å². The largest absolute Gasteiger partial charge is 0.493 e. The predicted molar refractivity (Wildman–Crippen MR) is 121 cm³/mol.